The van der Waals surface area contributed by atoms with Crippen LogP contribution in [0.15, 0.2) is 22.8 Å². The zero-order chi connectivity index (χ0) is 15.6. The summed E-state index contributed by atoms with van der Waals surface area (Å²) in [7, 11) is 0. The molecule has 2 rings (SSSR count). The maximum Gasteiger partial charge on any atom is 0.240 e. The third-order valence-corrected chi connectivity index (χ3v) is 4.30. The molecule has 0 bridgehead atoms. The van der Waals surface area contributed by atoms with Crippen molar-refractivity contribution in [3.8, 4) is 0 Å². The van der Waals surface area contributed by atoms with Crippen LogP contribution >= 0.6 is 15.9 Å². The standard InChI is InChI=1S/C15H23BrN4O/c1-15(2,3)13(17)14(21)20-8-6-19(7-9-20)12-5-4-11(16)10-18-12/h4-5,10,13H,6-9,17H2,1-3H3/t13-/m0/s1. The molecule has 1 aliphatic heterocycles. The fraction of sp³-hybridized carbons (Fsp3) is 0.600. The Kier molecular flexibility index (Phi) is 4.88. The van der Waals surface area contributed by atoms with Crippen molar-refractivity contribution in [2.24, 2.45) is 11.1 Å². The minimum Gasteiger partial charge on any atom is -0.353 e. The second-order valence-corrected chi connectivity index (χ2v) is 7.41. The summed E-state index contributed by atoms with van der Waals surface area (Å²) in [6.45, 7) is 8.96. The number of carbonyl (C=O) groups excluding carboxylic acids is 1. The van der Waals surface area contributed by atoms with E-state index in [1.54, 1.807) is 6.20 Å². The van der Waals surface area contributed by atoms with Gasteiger partial charge in [-0.05, 0) is 33.5 Å². The van der Waals surface area contributed by atoms with Crippen molar-refractivity contribution < 1.29 is 4.79 Å². The summed E-state index contributed by atoms with van der Waals surface area (Å²) in [6.07, 6.45) is 1.79. The number of nitrogens with zero attached hydrogens (tertiary/aromatic N) is 3. The zero-order valence-corrected chi connectivity index (χ0v) is 14.4. The van der Waals surface area contributed by atoms with Gasteiger partial charge in [-0.2, -0.15) is 0 Å². The van der Waals surface area contributed by atoms with Crippen LogP contribution in [0, 0.1) is 5.41 Å². The van der Waals surface area contributed by atoms with E-state index in [0.29, 0.717) is 13.1 Å². The molecule has 2 N–H and O–H groups in total. The molecule has 1 saturated heterocycles. The van der Waals surface area contributed by atoms with Gasteiger partial charge < -0.3 is 15.5 Å². The molecule has 0 aromatic carbocycles. The van der Waals surface area contributed by atoms with Crippen LogP contribution in [0.1, 0.15) is 20.8 Å². The molecule has 1 fully saturated rings. The Morgan fingerprint density at radius 3 is 2.38 bits per heavy atom. The monoisotopic (exact) mass is 354 g/mol. The normalized spacial score (nSPS) is 17.8. The topological polar surface area (TPSA) is 62.5 Å². The van der Waals surface area contributed by atoms with Gasteiger partial charge in [-0.1, -0.05) is 20.8 Å². The van der Waals surface area contributed by atoms with Crippen molar-refractivity contribution in [3.05, 3.63) is 22.8 Å². The zero-order valence-electron chi connectivity index (χ0n) is 12.8. The van der Waals surface area contributed by atoms with Gasteiger partial charge in [0.1, 0.15) is 5.82 Å². The minimum absolute atomic E-state index is 0.0471. The lowest BCUT2D eigenvalue weighted by atomic mass is 9.86. The van der Waals surface area contributed by atoms with Crippen molar-refractivity contribution in [2.75, 3.05) is 31.1 Å². The molecule has 0 saturated carbocycles. The molecule has 21 heavy (non-hydrogen) atoms. The number of piperazine rings is 1. The van der Waals surface area contributed by atoms with E-state index >= 15 is 0 Å². The van der Waals surface area contributed by atoms with Crippen molar-refractivity contribution in [1.29, 1.82) is 0 Å². The number of halogens is 1. The molecule has 0 radical (unpaired) electrons. The highest BCUT2D eigenvalue weighted by Crippen LogP contribution is 2.21. The van der Waals surface area contributed by atoms with Crippen molar-refractivity contribution in [1.82, 2.24) is 9.88 Å². The van der Waals surface area contributed by atoms with Gasteiger partial charge in [0, 0.05) is 36.8 Å². The number of nitrogens with two attached hydrogens (primary N) is 1. The number of amides is 1. The highest BCUT2D eigenvalue weighted by atomic mass is 79.9. The summed E-state index contributed by atoms with van der Waals surface area (Å²) in [5.74, 6) is 0.997. The summed E-state index contributed by atoms with van der Waals surface area (Å²) in [4.78, 5) is 20.8. The first-order valence-electron chi connectivity index (χ1n) is 7.20. The van der Waals surface area contributed by atoms with Crippen molar-refractivity contribution in [3.63, 3.8) is 0 Å². The van der Waals surface area contributed by atoms with E-state index in [9.17, 15) is 4.79 Å². The second kappa shape index (κ2) is 6.32. The first-order valence-corrected chi connectivity index (χ1v) is 7.99. The number of rotatable bonds is 2. The van der Waals surface area contributed by atoms with Crippen LogP contribution in [-0.4, -0.2) is 48.0 Å². The molecule has 1 aliphatic rings. The number of carbonyl (C=O) groups is 1. The van der Waals surface area contributed by atoms with Crippen LogP contribution in [0.3, 0.4) is 0 Å². The summed E-state index contributed by atoms with van der Waals surface area (Å²) in [6, 6.07) is 3.52. The molecule has 6 heteroatoms. The number of hydrogen-bond donors (Lipinski definition) is 1. The molecule has 2 heterocycles. The summed E-state index contributed by atoms with van der Waals surface area (Å²) < 4.78 is 0.969. The highest BCUT2D eigenvalue weighted by molar-refractivity contribution is 9.10. The number of pyridine rings is 1. The maximum atomic E-state index is 12.4. The number of aromatic nitrogens is 1. The number of hydrogen-bond acceptors (Lipinski definition) is 4. The van der Waals surface area contributed by atoms with E-state index in [0.717, 1.165) is 23.4 Å². The molecule has 1 aromatic rings. The van der Waals surface area contributed by atoms with E-state index in [1.165, 1.54) is 0 Å². The van der Waals surface area contributed by atoms with E-state index < -0.39 is 6.04 Å². The van der Waals surface area contributed by atoms with Gasteiger partial charge in [0.15, 0.2) is 0 Å². The summed E-state index contributed by atoms with van der Waals surface area (Å²) in [5.41, 5.74) is 5.86. The van der Waals surface area contributed by atoms with Gasteiger partial charge >= 0.3 is 0 Å². The Morgan fingerprint density at radius 2 is 1.90 bits per heavy atom. The molecule has 0 spiro atoms. The average molecular weight is 355 g/mol. The molecule has 116 valence electrons. The Bertz CT molecular complexity index is 489. The van der Waals surface area contributed by atoms with Gasteiger partial charge in [-0.15, -0.1) is 0 Å². The third kappa shape index (κ3) is 3.95. The van der Waals surface area contributed by atoms with Crippen LogP contribution in [0.4, 0.5) is 5.82 Å². The second-order valence-electron chi connectivity index (χ2n) is 6.49. The van der Waals surface area contributed by atoms with E-state index in [-0.39, 0.29) is 11.3 Å². The van der Waals surface area contributed by atoms with Gasteiger partial charge in [-0.25, -0.2) is 4.98 Å². The van der Waals surface area contributed by atoms with E-state index in [1.807, 2.05) is 37.8 Å². The molecule has 1 atom stereocenters. The SMILES string of the molecule is CC(C)(C)[C@@H](N)C(=O)N1CCN(c2ccc(Br)cn2)CC1. The van der Waals surface area contributed by atoms with Crippen LogP contribution in [0.25, 0.3) is 0 Å². The first-order chi connectivity index (χ1) is 9.79. The van der Waals surface area contributed by atoms with Crippen LogP contribution < -0.4 is 10.6 Å². The van der Waals surface area contributed by atoms with Crippen molar-refractivity contribution >= 4 is 27.7 Å². The Hall–Kier alpha value is -1.14. The predicted molar refractivity (Wildman–Crippen MR) is 88.2 cm³/mol. The molecule has 1 amide bonds. The lowest BCUT2D eigenvalue weighted by Gasteiger charge is -2.38. The van der Waals surface area contributed by atoms with Gasteiger partial charge in [0.05, 0.1) is 6.04 Å². The molecule has 0 unspecified atom stereocenters. The molecule has 5 nitrogen and oxygen atoms in total. The summed E-state index contributed by atoms with van der Waals surface area (Å²) >= 11 is 3.38. The summed E-state index contributed by atoms with van der Waals surface area (Å²) in [5, 5.41) is 0. The van der Waals surface area contributed by atoms with E-state index in [2.05, 4.69) is 25.8 Å². The quantitative estimate of drug-likeness (QED) is 0.880. The lowest BCUT2D eigenvalue weighted by molar-refractivity contribution is -0.135. The molecule has 1 aromatic heterocycles. The van der Waals surface area contributed by atoms with Crippen molar-refractivity contribution in [2.45, 2.75) is 26.8 Å². The fourth-order valence-electron chi connectivity index (χ4n) is 2.28. The van der Waals surface area contributed by atoms with Crippen LogP contribution in [0.2, 0.25) is 0 Å². The Balaban J connectivity index is 1.94. The van der Waals surface area contributed by atoms with E-state index in [4.69, 9.17) is 5.73 Å². The average Bonchev–Trinajstić information content (AvgIpc) is 2.46. The largest absolute Gasteiger partial charge is 0.353 e. The van der Waals surface area contributed by atoms with Gasteiger partial charge in [0.2, 0.25) is 5.91 Å². The molecular weight excluding hydrogens is 332 g/mol. The molecular formula is C15H23BrN4O. The maximum absolute atomic E-state index is 12.4. The lowest BCUT2D eigenvalue weighted by Crippen LogP contribution is -2.56. The molecule has 0 aliphatic carbocycles. The van der Waals surface area contributed by atoms with Crippen LogP contribution in [-0.2, 0) is 4.79 Å². The minimum atomic E-state index is -0.449. The Labute approximate surface area is 134 Å². The number of anilines is 1. The predicted octanol–water partition coefficient (Wildman–Crippen LogP) is 1.87. The first kappa shape index (κ1) is 16.2. The smallest absolute Gasteiger partial charge is 0.240 e. The fourth-order valence-corrected chi connectivity index (χ4v) is 2.51. The third-order valence-electron chi connectivity index (χ3n) is 3.83. The van der Waals surface area contributed by atoms with Gasteiger partial charge in [-0.3, -0.25) is 4.79 Å². The van der Waals surface area contributed by atoms with Crippen LogP contribution in [0.5, 0.6) is 0 Å². The Morgan fingerprint density at radius 1 is 1.29 bits per heavy atom. The van der Waals surface area contributed by atoms with Gasteiger partial charge in [0.25, 0.3) is 0 Å². The highest BCUT2D eigenvalue weighted by Gasteiger charge is 2.32.